The van der Waals surface area contributed by atoms with Crippen molar-refractivity contribution in [1.82, 2.24) is 0 Å². The van der Waals surface area contributed by atoms with Crippen molar-refractivity contribution in [2.75, 3.05) is 0 Å². The van der Waals surface area contributed by atoms with E-state index in [1.54, 1.807) is 0 Å². The molecule has 0 amide bonds. The normalized spacial score (nSPS) is 30.3. The molecule has 0 bridgehead atoms. The molecule has 0 unspecified atom stereocenters. The fraction of sp³-hybridized carbons (Fsp3) is 0.538. The lowest BCUT2D eigenvalue weighted by Gasteiger charge is -2.47. The zero-order valence-corrected chi connectivity index (χ0v) is 10.9. The second-order valence-corrected chi connectivity index (χ2v) is 5.90. The summed E-state index contributed by atoms with van der Waals surface area (Å²) in [5.41, 5.74) is 7.60. The summed E-state index contributed by atoms with van der Waals surface area (Å²) in [6, 6.07) is 8.32. The molecule has 0 atom stereocenters. The molecule has 0 aliphatic heterocycles. The lowest BCUT2D eigenvalue weighted by Crippen LogP contribution is -2.50. The average molecular weight is 268 g/mol. The van der Waals surface area contributed by atoms with Crippen LogP contribution in [-0.2, 0) is 5.54 Å². The highest BCUT2D eigenvalue weighted by molar-refractivity contribution is 9.10. The van der Waals surface area contributed by atoms with Gasteiger partial charge in [0.05, 0.1) is 0 Å². The van der Waals surface area contributed by atoms with Crippen LogP contribution in [0.4, 0.5) is 0 Å². The number of nitrogens with two attached hydrogens (primary N) is 1. The molecule has 15 heavy (non-hydrogen) atoms. The predicted molar refractivity (Wildman–Crippen MR) is 67.6 cm³/mol. The first-order chi connectivity index (χ1) is 7.03. The van der Waals surface area contributed by atoms with Crippen molar-refractivity contribution in [2.45, 2.75) is 32.2 Å². The summed E-state index contributed by atoms with van der Waals surface area (Å²) >= 11 is 3.58. The fourth-order valence-corrected chi connectivity index (χ4v) is 3.11. The van der Waals surface area contributed by atoms with Crippen LogP contribution >= 0.6 is 15.9 Å². The first kappa shape index (κ1) is 11.2. The Kier molecular flexibility index (Phi) is 2.91. The van der Waals surface area contributed by atoms with Gasteiger partial charge in [-0.3, -0.25) is 0 Å². The van der Waals surface area contributed by atoms with Crippen LogP contribution in [0.1, 0.15) is 32.3 Å². The monoisotopic (exact) mass is 267 g/mol. The van der Waals surface area contributed by atoms with Gasteiger partial charge < -0.3 is 5.73 Å². The Balaban J connectivity index is 2.17. The summed E-state index contributed by atoms with van der Waals surface area (Å²) in [6.07, 6.45) is 2.24. The van der Waals surface area contributed by atoms with Crippen LogP contribution in [0.25, 0.3) is 0 Å². The summed E-state index contributed by atoms with van der Waals surface area (Å²) in [5, 5.41) is 0. The third kappa shape index (κ3) is 1.98. The Morgan fingerprint density at radius 1 is 1.33 bits per heavy atom. The van der Waals surface area contributed by atoms with Gasteiger partial charge in [0, 0.05) is 10.0 Å². The number of halogens is 1. The minimum atomic E-state index is -0.0883. The zero-order chi connectivity index (χ0) is 11.1. The largest absolute Gasteiger partial charge is 0.321 e. The van der Waals surface area contributed by atoms with Crippen molar-refractivity contribution >= 4 is 15.9 Å². The quantitative estimate of drug-likeness (QED) is 0.870. The van der Waals surface area contributed by atoms with Crippen LogP contribution in [0, 0.1) is 11.8 Å². The fourth-order valence-electron chi connectivity index (χ4n) is 2.43. The van der Waals surface area contributed by atoms with Gasteiger partial charge in [0.1, 0.15) is 0 Å². The third-order valence-corrected chi connectivity index (χ3v) is 4.30. The molecular weight excluding hydrogens is 250 g/mol. The molecule has 1 aromatic rings. The zero-order valence-electron chi connectivity index (χ0n) is 9.33. The molecule has 2 N–H and O–H groups in total. The second kappa shape index (κ2) is 3.91. The van der Waals surface area contributed by atoms with Gasteiger partial charge in [-0.1, -0.05) is 48.0 Å². The highest BCUT2D eigenvalue weighted by atomic mass is 79.9. The summed E-state index contributed by atoms with van der Waals surface area (Å²) in [6.45, 7) is 4.56. The van der Waals surface area contributed by atoms with E-state index in [0.29, 0.717) is 0 Å². The molecule has 82 valence electrons. The van der Waals surface area contributed by atoms with Crippen LogP contribution in [0.2, 0.25) is 0 Å². The number of benzene rings is 1. The van der Waals surface area contributed by atoms with E-state index in [1.807, 2.05) is 6.07 Å². The minimum Gasteiger partial charge on any atom is -0.321 e. The van der Waals surface area contributed by atoms with Gasteiger partial charge >= 0.3 is 0 Å². The minimum absolute atomic E-state index is 0.0883. The van der Waals surface area contributed by atoms with Gasteiger partial charge in [-0.2, -0.15) is 0 Å². The predicted octanol–water partition coefficient (Wildman–Crippen LogP) is 3.67. The van der Waals surface area contributed by atoms with E-state index in [9.17, 15) is 0 Å². The van der Waals surface area contributed by atoms with E-state index in [-0.39, 0.29) is 5.54 Å². The molecule has 1 aliphatic carbocycles. The molecule has 1 saturated carbocycles. The molecule has 1 aromatic carbocycles. The summed E-state index contributed by atoms with van der Waals surface area (Å²) < 4.78 is 1.15. The Hall–Kier alpha value is -0.340. The molecule has 0 aromatic heterocycles. The molecule has 2 rings (SSSR count). The molecule has 0 radical (unpaired) electrons. The van der Waals surface area contributed by atoms with Gasteiger partial charge in [-0.15, -0.1) is 0 Å². The summed E-state index contributed by atoms with van der Waals surface area (Å²) in [7, 11) is 0. The topological polar surface area (TPSA) is 26.0 Å². The lowest BCUT2D eigenvalue weighted by molar-refractivity contribution is 0.104. The first-order valence-corrected chi connectivity index (χ1v) is 6.36. The van der Waals surface area contributed by atoms with Gasteiger partial charge in [-0.25, -0.2) is 0 Å². The van der Waals surface area contributed by atoms with Crippen molar-refractivity contribution in [2.24, 2.45) is 17.6 Å². The Morgan fingerprint density at radius 2 is 1.93 bits per heavy atom. The van der Waals surface area contributed by atoms with E-state index in [2.05, 4.69) is 48.0 Å². The van der Waals surface area contributed by atoms with Gasteiger partial charge in [0.2, 0.25) is 0 Å². The van der Waals surface area contributed by atoms with Crippen LogP contribution in [0.3, 0.4) is 0 Å². The van der Waals surface area contributed by atoms with Crippen LogP contribution in [-0.4, -0.2) is 0 Å². The number of hydrogen-bond acceptors (Lipinski definition) is 1. The van der Waals surface area contributed by atoms with Crippen LogP contribution < -0.4 is 5.73 Å². The van der Waals surface area contributed by atoms with Gasteiger partial charge in [-0.05, 0) is 36.3 Å². The standard InChI is InChI=1S/C13H18BrN/c1-9(2)10-7-13(15,8-10)11-5-3-4-6-12(11)14/h3-6,9-10H,7-8,15H2,1-2H3. The van der Waals surface area contributed by atoms with E-state index in [0.717, 1.165) is 29.2 Å². The van der Waals surface area contributed by atoms with E-state index >= 15 is 0 Å². The maximum atomic E-state index is 6.42. The first-order valence-electron chi connectivity index (χ1n) is 5.57. The van der Waals surface area contributed by atoms with E-state index in [4.69, 9.17) is 5.73 Å². The molecule has 1 fully saturated rings. The van der Waals surface area contributed by atoms with Crippen molar-refractivity contribution < 1.29 is 0 Å². The van der Waals surface area contributed by atoms with E-state index in [1.165, 1.54) is 5.56 Å². The Labute approximate surface area is 100 Å². The molecule has 0 spiro atoms. The van der Waals surface area contributed by atoms with E-state index < -0.39 is 0 Å². The smallest absolute Gasteiger partial charge is 0.0426 e. The molecule has 1 nitrogen and oxygen atoms in total. The SMILES string of the molecule is CC(C)C1CC(N)(c2ccccc2Br)C1. The third-order valence-electron chi connectivity index (χ3n) is 3.61. The van der Waals surface area contributed by atoms with Crippen molar-refractivity contribution in [3.63, 3.8) is 0 Å². The highest BCUT2D eigenvalue weighted by Gasteiger charge is 2.44. The lowest BCUT2D eigenvalue weighted by atomic mass is 9.62. The number of rotatable bonds is 2. The van der Waals surface area contributed by atoms with Crippen molar-refractivity contribution in [1.29, 1.82) is 0 Å². The summed E-state index contributed by atoms with van der Waals surface area (Å²) in [5.74, 6) is 1.55. The van der Waals surface area contributed by atoms with Crippen LogP contribution in [0.5, 0.6) is 0 Å². The van der Waals surface area contributed by atoms with Crippen molar-refractivity contribution in [3.05, 3.63) is 34.3 Å². The maximum Gasteiger partial charge on any atom is 0.0426 e. The number of hydrogen-bond donors (Lipinski definition) is 1. The molecule has 2 heteroatoms. The van der Waals surface area contributed by atoms with Gasteiger partial charge in [0.25, 0.3) is 0 Å². The molecule has 1 aliphatic rings. The molecule has 0 saturated heterocycles. The van der Waals surface area contributed by atoms with Crippen molar-refractivity contribution in [3.8, 4) is 0 Å². The second-order valence-electron chi connectivity index (χ2n) is 5.05. The van der Waals surface area contributed by atoms with Gasteiger partial charge in [0.15, 0.2) is 0 Å². The Bertz CT molecular complexity index is 353. The average Bonchev–Trinajstić information content (AvgIpc) is 2.13. The maximum absolute atomic E-state index is 6.42. The van der Waals surface area contributed by atoms with Crippen LogP contribution in [0.15, 0.2) is 28.7 Å². The summed E-state index contributed by atoms with van der Waals surface area (Å²) in [4.78, 5) is 0. The molecule has 0 heterocycles. The highest BCUT2D eigenvalue weighted by Crippen LogP contribution is 2.48. The molecular formula is C13H18BrN. The Morgan fingerprint density at radius 3 is 2.47 bits per heavy atom.